The van der Waals surface area contributed by atoms with Gasteiger partial charge in [0.25, 0.3) is 16.8 Å². The Balaban J connectivity index is 1.87. The molecular formula is C20H16N2O6S. The van der Waals surface area contributed by atoms with Crippen LogP contribution in [-0.2, 0) is 4.79 Å². The molecule has 1 aliphatic heterocycles. The molecule has 2 aromatic carbocycles. The lowest BCUT2D eigenvalue weighted by Crippen LogP contribution is -2.28. The lowest BCUT2D eigenvalue weighted by Gasteiger charge is -2.16. The molecule has 148 valence electrons. The topological polar surface area (TPSA) is 99.0 Å². The lowest BCUT2D eigenvalue weighted by molar-refractivity contribution is -0.385. The zero-order valence-electron chi connectivity index (χ0n) is 15.5. The van der Waals surface area contributed by atoms with Crippen LogP contribution in [0.25, 0.3) is 6.08 Å². The molecule has 0 unspecified atom stereocenters. The van der Waals surface area contributed by atoms with Crippen LogP contribution in [-0.4, -0.2) is 30.3 Å². The molecule has 0 N–H and O–H groups in total. The van der Waals surface area contributed by atoms with Crippen LogP contribution in [0.5, 0.6) is 11.5 Å². The number of nitro benzene ring substituents is 1. The number of amides is 2. The molecule has 2 amide bonds. The van der Waals surface area contributed by atoms with Gasteiger partial charge >= 0.3 is 0 Å². The summed E-state index contributed by atoms with van der Waals surface area (Å²) in [5.74, 6) is 0.347. The van der Waals surface area contributed by atoms with Gasteiger partial charge in [-0.25, -0.2) is 4.90 Å². The summed E-state index contributed by atoms with van der Waals surface area (Å²) < 4.78 is 10.4. The van der Waals surface area contributed by atoms with E-state index in [4.69, 9.17) is 9.47 Å². The Hall–Kier alpha value is -3.59. The number of hydrogen-bond acceptors (Lipinski definition) is 7. The second-order valence-electron chi connectivity index (χ2n) is 5.75. The minimum atomic E-state index is -0.504. The molecule has 0 bridgehead atoms. The van der Waals surface area contributed by atoms with E-state index in [-0.39, 0.29) is 10.6 Å². The van der Waals surface area contributed by atoms with Gasteiger partial charge in [-0.05, 0) is 42.1 Å². The highest BCUT2D eigenvalue weighted by Crippen LogP contribution is 2.40. The lowest BCUT2D eigenvalue weighted by atomic mass is 10.1. The number of allylic oxidation sites excluding steroid dienone is 2. The Morgan fingerprint density at radius 1 is 1.10 bits per heavy atom. The molecule has 8 nitrogen and oxygen atoms in total. The first-order chi connectivity index (χ1) is 14.0. The molecule has 1 heterocycles. The smallest absolute Gasteiger partial charge is 0.298 e. The van der Waals surface area contributed by atoms with Crippen LogP contribution >= 0.6 is 11.8 Å². The van der Waals surface area contributed by atoms with Crippen LogP contribution in [0.1, 0.15) is 5.56 Å². The monoisotopic (exact) mass is 412 g/mol. The molecule has 3 rings (SSSR count). The summed E-state index contributed by atoms with van der Waals surface area (Å²) in [5, 5.41) is 10.6. The van der Waals surface area contributed by atoms with E-state index >= 15 is 0 Å². The van der Waals surface area contributed by atoms with Crippen molar-refractivity contribution in [1.29, 1.82) is 0 Å². The average Bonchev–Trinajstić information content (AvgIpc) is 3.00. The normalized spacial score (nSPS) is 15.4. The fraction of sp³-hybridized carbons (Fsp3) is 0.100. The van der Waals surface area contributed by atoms with Gasteiger partial charge in [-0.1, -0.05) is 18.2 Å². The molecule has 0 aromatic heterocycles. The SMILES string of the molecule is COc1ccc(N2C(=O)S/C(=C\C=C\c3ccccc3[N+](=O)[O-])C2=O)c(OC)c1. The van der Waals surface area contributed by atoms with Gasteiger partial charge in [0.2, 0.25) is 0 Å². The molecule has 0 saturated carbocycles. The predicted octanol–water partition coefficient (Wildman–Crippen LogP) is 4.41. The first-order valence-corrected chi connectivity index (χ1v) is 9.18. The maximum absolute atomic E-state index is 12.7. The number of nitro groups is 1. The van der Waals surface area contributed by atoms with Gasteiger partial charge in [0.1, 0.15) is 11.5 Å². The second-order valence-corrected chi connectivity index (χ2v) is 6.75. The molecule has 2 aromatic rings. The minimum absolute atomic E-state index is 0.0479. The first-order valence-electron chi connectivity index (χ1n) is 8.36. The van der Waals surface area contributed by atoms with Crippen LogP contribution in [0.3, 0.4) is 0 Å². The van der Waals surface area contributed by atoms with Crippen molar-refractivity contribution in [2.75, 3.05) is 19.1 Å². The van der Waals surface area contributed by atoms with Crippen molar-refractivity contribution in [3.05, 3.63) is 75.2 Å². The maximum Gasteiger partial charge on any atom is 0.298 e. The summed E-state index contributed by atoms with van der Waals surface area (Å²) in [6, 6.07) is 11.0. The van der Waals surface area contributed by atoms with Crippen LogP contribution in [0.2, 0.25) is 0 Å². The van der Waals surface area contributed by atoms with E-state index in [2.05, 4.69) is 0 Å². The summed E-state index contributed by atoms with van der Waals surface area (Å²) in [7, 11) is 2.93. The number of nitrogens with zero attached hydrogens (tertiary/aromatic N) is 2. The van der Waals surface area contributed by atoms with Gasteiger partial charge in [-0.15, -0.1) is 0 Å². The van der Waals surface area contributed by atoms with Gasteiger partial charge in [0, 0.05) is 12.1 Å². The zero-order chi connectivity index (χ0) is 21.0. The maximum atomic E-state index is 12.7. The number of imide groups is 1. The van der Waals surface area contributed by atoms with Crippen molar-refractivity contribution in [2.24, 2.45) is 0 Å². The number of benzene rings is 2. The van der Waals surface area contributed by atoms with Crippen molar-refractivity contribution in [2.45, 2.75) is 0 Å². The summed E-state index contributed by atoms with van der Waals surface area (Å²) in [4.78, 5) is 37.0. The van der Waals surface area contributed by atoms with E-state index < -0.39 is 16.1 Å². The Labute approximate surface area is 170 Å². The van der Waals surface area contributed by atoms with E-state index in [1.165, 1.54) is 38.5 Å². The Kier molecular flexibility index (Phi) is 5.99. The Morgan fingerprint density at radius 3 is 2.55 bits per heavy atom. The summed E-state index contributed by atoms with van der Waals surface area (Å²) in [6.45, 7) is 0. The number of anilines is 1. The van der Waals surface area contributed by atoms with Crippen molar-refractivity contribution in [1.82, 2.24) is 0 Å². The molecule has 1 aliphatic rings. The van der Waals surface area contributed by atoms with Crippen LogP contribution in [0, 0.1) is 10.1 Å². The number of thioether (sulfide) groups is 1. The quantitative estimate of drug-likeness (QED) is 0.394. The van der Waals surface area contributed by atoms with Gasteiger partial charge in [-0.2, -0.15) is 0 Å². The molecule has 1 fully saturated rings. The van der Waals surface area contributed by atoms with Crippen molar-refractivity contribution in [3.8, 4) is 11.5 Å². The van der Waals surface area contributed by atoms with Gasteiger partial charge in [0.15, 0.2) is 0 Å². The van der Waals surface area contributed by atoms with Gasteiger partial charge in [0.05, 0.1) is 35.3 Å². The van der Waals surface area contributed by atoms with Crippen molar-refractivity contribution in [3.63, 3.8) is 0 Å². The number of carbonyl (C=O) groups excluding carboxylic acids is 2. The third-order valence-electron chi connectivity index (χ3n) is 4.08. The fourth-order valence-corrected chi connectivity index (χ4v) is 3.48. The minimum Gasteiger partial charge on any atom is -0.497 e. The highest BCUT2D eigenvalue weighted by Gasteiger charge is 2.37. The predicted molar refractivity (Wildman–Crippen MR) is 110 cm³/mol. The van der Waals surface area contributed by atoms with E-state index in [0.717, 1.165) is 16.7 Å². The number of hydrogen-bond donors (Lipinski definition) is 0. The fourth-order valence-electron chi connectivity index (χ4n) is 2.69. The van der Waals surface area contributed by atoms with Crippen LogP contribution in [0.4, 0.5) is 16.2 Å². The van der Waals surface area contributed by atoms with Crippen molar-refractivity contribution >= 4 is 40.4 Å². The number of ether oxygens (including phenoxy) is 2. The summed E-state index contributed by atoms with van der Waals surface area (Å²) >= 11 is 0.778. The molecular weight excluding hydrogens is 396 g/mol. The molecule has 0 radical (unpaired) electrons. The van der Waals surface area contributed by atoms with Crippen molar-refractivity contribution < 1.29 is 24.0 Å². The molecule has 9 heteroatoms. The van der Waals surface area contributed by atoms with Gasteiger partial charge in [-0.3, -0.25) is 19.7 Å². The number of methoxy groups -OCH3 is 2. The summed E-state index contributed by atoms with van der Waals surface area (Å²) in [5.41, 5.74) is 0.653. The average molecular weight is 412 g/mol. The second kappa shape index (κ2) is 8.61. The largest absolute Gasteiger partial charge is 0.497 e. The Morgan fingerprint density at radius 2 is 1.86 bits per heavy atom. The van der Waals surface area contributed by atoms with E-state index in [1.807, 2.05) is 0 Å². The number of para-hydroxylation sites is 1. The molecule has 29 heavy (non-hydrogen) atoms. The van der Waals surface area contributed by atoms with E-state index in [0.29, 0.717) is 22.7 Å². The molecule has 1 saturated heterocycles. The highest BCUT2D eigenvalue weighted by molar-refractivity contribution is 8.18. The number of rotatable bonds is 6. The molecule has 0 atom stereocenters. The van der Waals surface area contributed by atoms with E-state index in [1.54, 1.807) is 36.4 Å². The number of carbonyl (C=O) groups is 2. The van der Waals surface area contributed by atoms with Crippen LogP contribution < -0.4 is 14.4 Å². The molecule has 0 aliphatic carbocycles. The van der Waals surface area contributed by atoms with Crippen LogP contribution in [0.15, 0.2) is 59.5 Å². The van der Waals surface area contributed by atoms with E-state index in [9.17, 15) is 19.7 Å². The Bertz CT molecular complexity index is 1050. The third kappa shape index (κ3) is 4.14. The zero-order valence-corrected chi connectivity index (χ0v) is 16.3. The standard InChI is InChI=1S/C20H16N2O6S/c1-27-14-10-11-16(17(12-14)28-2)21-19(23)18(29-20(21)24)9-5-7-13-6-3-4-8-15(13)22(25)26/h3-12H,1-2H3/b7-5+,18-9-. The highest BCUT2D eigenvalue weighted by atomic mass is 32.2. The van der Waals surface area contributed by atoms with Gasteiger partial charge < -0.3 is 9.47 Å². The third-order valence-corrected chi connectivity index (χ3v) is 4.97. The first kappa shape index (κ1) is 20.2. The molecule has 0 spiro atoms. The summed E-state index contributed by atoms with van der Waals surface area (Å²) in [6.07, 6.45) is 4.47.